The minimum atomic E-state index is -0.361. The third-order valence-electron chi connectivity index (χ3n) is 2.41. The maximum Gasteiger partial charge on any atom is 0.237 e. The Balaban J connectivity index is 3.87. The van der Waals surface area contributed by atoms with Crippen LogP contribution in [0.2, 0.25) is 0 Å². The van der Waals surface area contributed by atoms with Crippen LogP contribution in [0, 0.1) is 0 Å². The fraction of sp³-hybridized carbons (Fsp3) is 0.833. The molecule has 0 saturated carbocycles. The summed E-state index contributed by atoms with van der Waals surface area (Å²) in [4.78, 5) is 23.0. The monoisotopic (exact) mass is 243 g/mol. The molecule has 2 atom stereocenters. The summed E-state index contributed by atoms with van der Waals surface area (Å²) in [5, 5.41) is 8.51. The Morgan fingerprint density at radius 2 is 1.65 bits per heavy atom. The van der Waals surface area contributed by atoms with Crippen LogP contribution in [-0.2, 0) is 9.59 Å². The first-order chi connectivity index (χ1) is 7.86. The Morgan fingerprint density at radius 1 is 1.06 bits per heavy atom. The van der Waals surface area contributed by atoms with Crippen molar-refractivity contribution < 1.29 is 9.59 Å². The number of rotatable bonds is 7. The maximum absolute atomic E-state index is 11.5. The topological polar surface area (TPSA) is 70.2 Å². The molecule has 0 bridgehead atoms. The van der Waals surface area contributed by atoms with Gasteiger partial charge in [0.15, 0.2) is 0 Å². The molecule has 0 rings (SSSR count). The Hall–Kier alpha value is -1.10. The van der Waals surface area contributed by atoms with E-state index in [-0.39, 0.29) is 36.5 Å². The minimum Gasteiger partial charge on any atom is -0.353 e. The summed E-state index contributed by atoms with van der Waals surface area (Å²) >= 11 is 0. The summed E-state index contributed by atoms with van der Waals surface area (Å²) < 4.78 is 0. The largest absolute Gasteiger partial charge is 0.353 e. The Morgan fingerprint density at radius 3 is 2.12 bits per heavy atom. The summed E-state index contributed by atoms with van der Waals surface area (Å²) in [5.41, 5.74) is 0. The van der Waals surface area contributed by atoms with E-state index in [1.807, 2.05) is 27.7 Å². The summed E-state index contributed by atoms with van der Waals surface area (Å²) in [6.07, 6.45) is 0.898. The zero-order valence-electron chi connectivity index (χ0n) is 11.5. The van der Waals surface area contributed by atoms with Gasteiger partial charge in [-0.3, -0.25) is 14.9 Å². The molecule has 17 heavy (non-hydrogen) atoms. The molecule has 2 unspecified atom stereocenters. The van der Waals surface area contributed by atoms with Crippen molar-refractivity contribution in [3.63, 3.8) is 0 Å². The molecule has 0 aliphatic rings. The van der Waals surface area contributed by atoms with E-state index in [2.05, 4.69) is 16.0 Å². The molecule has 0 saturated heterocycles. The molecule has 0 radical (unpaired) electrons. The fourth-order valence-corrected chi connectivity index (χ4v) is 1.18. The van der Waals surface area contributed by atoms with Crippen LogP contribution >= 0.6 is 0 Å². The van der Waals surface area contributed by atoms with Crippen molar-refractivity contribution >= 4 is 11.8 Å². The first-order valence-electron chi connectivity index (χ1n) is 6.19. The lowest BCUT2D eigenvalue weighted by atomic mass is 10.2. The maximum atomic E-state index is 11.5. The van der Waals surface area contributed by atoms with Crippen molar-refractivity contribution in [3.05, 3.63) is 0 Å². The van der Waals surface area contributed by atoms with E-state index < -0.39 is 0 Å². The molecule has 0 fully saturated rings. The van der Waals surface area contributed by atoms with Gasteiger partial charge in [0.05, 0.1) is 12.6 Å². The lowest BCUT2D eigenvalue weighted by molar-refractivity contribution is -0.124. The number of hydrogen-bond donors (Lipinski definition) is 3. The van der Waals surface area contributed by atoms with Crippen LogP contribution in [0.1, 0.15) is 41.0 Å². The molecule has 0 aromatic rings. The first kappa shape index (κ1) is 15.9. The van der Waals surface area contributed by atoms with E-state index in [4.69, 9.17) is 0 Å². The number of amides is 2. The van der Waals surface area contributed by atoms with Crippen LogP contribution in [0.5, 0.6) is 0 Å². The number of hydrogen-bond acceptors (Lipinski definition) is 3. The third kappa shape index (κ3) is 7.74. The van der Waals surface area contributed by atoms with Gasteiger partial charge >= 0.3 is 0 Å². The molecule has 0 aromatic heterocycles. The van der Waals surface area contributed by atoms with Crippen LogP contribution in [0.4, 0.5) is 0 Å². The second-order valence-electron chi connectivity index (χ2n) is 4.64. The molecular weight excluding hydrogens is 218 g/mol. The van der Waals surface area contributed by atoms with Gasteiger partial charge in [0.1, 0.15) is 0 Å². The third-order valence-corrected chi connectivity index (χ3v) is 2.41. The zero-order valence-corrected chi connectivity index (χ0v) is 11.5. The molecule has 0 aliphatic carbocycles. The van der Waals surface area contributed by atoms with E-state index >= 15 is 0 Å². The minimum absolute atomic E-state index is 0.0800. The highest BCUT2D eigenvalue weighted by Crippen LogP contribution is 1.88. The van der Waals surface area contributed by atoms with Gasteiger partial charge in [-0.25, -0.2) is 0 Å². The van der Waals surface area contributed by atoms with Crippen molar-refractivity contribution in [2.45, 2.75) is 59.2 Å². The number of nitrogens with one attached hydrogen (secondary N) is 3. The van der Waals surface area contributed by atoms with Gasteiger partial charge < -0.3 is 10.6 Å². The van der Waals surface area contributed by atoms with Crippen LogP contribution in [0.3, 0.4) is 0 Å². The lowest BCUT2D eigenvalue weighted by Gasteiger charge is -2.17. The average molecular weight is 243 g/mol. The van der Waals surface area contributed by atoms with Crippen molar-refractivity contribution in [1.82, 2.24) is 16.0 Å². The van der Waals surface area contributed by atoms with Crippen molar-refractivity contribution in [3.8, 4) is 0 Å². The Bertz CT molecular complexity index is 254. The predicted octanol–water partition coefficient (Wildman–Crippen LogP) is 0.404. The Labute approximate surface area is 104 Å². The molecule has 5 heteroatoms. The molecule has 0 aliphatic heterocycles. The van der Waals surface area contributed by atoms with Gasteiger partial charge in [0, 0.05) is 12.1 Å². The summed E-state index contributed by atoms with van der Waals surface area (Å²) in [7, 11) is 0. The van der Waals surface area contributed by atoms with Crippen molar-refractivity contribution in [2.75, 3.05) is 6.54 Å². The van der Waals surface area contributed by atoms with Crippen LogP contribution in [0.15, 0.2) is 0 Å². The number of carbonyl (C=O) groups excluding carboxylic acids is 2. The highest BCUT2D eigenvalue weighted by Gasteiger charge is 2.14. The molecule has 0 spiro atoms. The van der Waals surface area contributed by atoms with Crippen LogP contribution < -0.4 is 16.0 Å². The smallest absolute Gasteiger partial charge is 0.237 e. The quantitative estimate of drug-likeness (QED) is 0.606. The normalized spacial score (nSPS) is 14.2. The SMILES string of the molecule is CCC(C)NC(=O)CNC(C)C(=O)NC(C)C. The first-order valence-corrected chi connectivity index (χ1v) is 6.19. The van der Waals surface area contributed by atoms with Gasteiger partial charge in [-0.15, -0.1) is 0 Å². The molecule has 0 aromatic carbocycles. The molecule has 5 nitrogen and oxygen atoms in total. The van der Waals surface area contributed by atoms with Crippen LogP contribution in [-0.4, -0.2) is 36.5 Å². The van der Waals surface area contributed by atoms with Gasteiger partial charge in [-0.05, 0) is 34.1 Å². The van der Waals surface area contributed by atoms with Gasteiger partial charge in [0.2, 0.25) is 11.8 Å². The summed E-state index contributed by atoms with van der Waals surface area (Å²) in [5.74, 6) is -0.167. The van der Waals surface area contributed by atoms with Crippen LogP contribution in [0.25, 0.3) is 0 Å². The molecule has 0 heterocycles. The van der Waals surface area contributed by atoms with E-state index in [0.29, 0.717) is 0 Å². The van der Waals surface area contributed by atoms with E-state index in [1.165, 1.54) is 0 Å². The summed E-state index contributed by atoms with van der Waals surface area (Å²) in [6, 6.07) is -0.0788. The predicted molar refractivity (Wildman–Crippen MR) is 68.6 cm³/mol. The standard InChI is InChI=1S/C12H25N3O2/c1-6-9(4)15-11(16)7-13-10(5)12(17)14-8(2)3/h8-10,13H,6-7H2,1-5H3,(H,14,17)(H,15,16). The zero-order chi connectivity index (χ0) is 13.4. The highest BCUT2D eigenvalue weighted by atomic mass is 16.2. The average Bonchev–Trinajstić information content (AvgIpc) is 2.24. The second kappa shape index (κ2) is 8.06. The van der Waals surface area contributed by atoms with Gasteiger partial charge in [-0.1, -0.05) is 6.92 Å². The molecule has 100 valence electrons. The fourth-order valence-electron chi connectivity index (χ4n) is 1.18. The van der Waals surface area contributed by atoms with Gasteiger partial charge in [-0.2, -0.15) is 0 Å². The van der Waals surface area contributed by atoms with E-state index in [0.717, 1.165) is 6.42 Å². The summed E-state index contributed by atoms with van der Waals surface area (Å²) in [6.45, 7) is 9.68. The lowest BCUT2D eigenvalue weighted by Crippen LogP contribution is -2.48. The van der Waals surface area contributed by atoms with E-state index in [1.54, 1.807) is 6.92 Å². The molecule has 2 amide bonds. The van der Waals surface area contributed by atoms with E-state index in [9.17, 15) is 9.59 Å². The Kier molecular flexibility index (Phi) is 7.54. The van der Waals surface area contributed by atoms with Crippen molar-refractivity contribution in [2.24, 2.45) is 0 Å². The molecule has 3 N–H and O–H groups in total. The highest BCUT2D eigenvalue weighted by molar-refractivity contribution is 5.83. The van der Waals surface area contributed by atoms with Gasteiger partial charge in [0.25, 0.3) is 0 Å². The van der Waals surface area contributed by atoms with Crippen molar-refractivity contribution in [1.29, 1.82) is 0 Å². The number of carbonyl (C=O) groups is 2. The molecular formula is C12H25N3O2. The second-order valence-corrected chi connectivity index (χ2v) is 4.64.